The second-order valence-corrected chi connectivity index (χ2v) is 22.8. The van der Waals surface area contributed by atoms with Gasteiger partial charge in [0.05, 0.1) is 50.8 Å². The molecule has 0 saturated carbocycles. The quantitative estimate of drug-likeness (QED) is 0.132. The van der Waals surface area contributed by atoms with E-state index >= 15 is 0 Å². The molecule has 0 spiro atoms. The van der Waals surface area contributed by atoms with Crippen LogP contribution in [0.2, 0.25) is 0 Å². The first kappa shape index (κ1) is 53.1. The van der Waals surface area contributed by atoms with Crippen LogP contribution in [-0.4, -0.2) is 40.8 Å². The van der Waals surface area contributed by atoms with Gasteiger partial charge in [-0.05, 0) is 223 Å². The first-order chi connectivity index (χ1) is 39.4. The number of para-hydroxylation sites is 1. The highest BCUT2D eigenvalue weighted by Gasteiger charge is 2.36. The summed E-state index contributed by atoms with van der Waals surface area (Å²) >= 11 is 0. The summed E-state index contributed by atoms with van der Waals surface area (Å²) in [6.45, 7) is 25.7. The average molecular weight is 1070 g/mol. The summed E-state index contributed by atoms with van der Waals surface area (Å²) in [5.41, 5.74) is 30.2. The lowest BCUT2D eigenvalue weighted by atomic mass is 9.78. The van der Waals surface area contributed by atoms with Crippen LogP contribution in [-0.2, 0) is 5.41 Å². The van der Waals surface area contributed by atoms with Crippen molar-refractivity contribution in [3.8, 4) is 44.5 Å². The minimum Gasteiger partial charge on any atom is -0.354 e. The Morgan fingerprint density at radius 3 is 1.11 bits per heavy atom. The highest BCUT2D eigenvalue weighted by molar-refractivity contribution is 6.08. The fourth-order valence-electron chi connectivity index (χ4n) is 12.8. The highest BCUT2D eigenvalue weighted by atomic mass is 16.1. The minimum atomic E-state index is -0.794. The monoisotopic (exact) mass is 1070 g/mol. The zero-order chi connectivity index (χ0) is 57.3. The Morgan fingerprint density at radius 1 is 0.390 bits per heavy atom. The second-order valence-electron chi connectivity index (χ2n) is 22.8. The lowest BCUT2D eigenvalue weighted by Gasteiger charge is -2.28. The number of aromatic amines is 2. The van der Waals surface area contributed by atoms with E-state index in [0.29, 0.717) is 11.3 Å². The summed E-state index contributed by atoms with van der Waals surface area (Å²) < 4.78 is 0. The maximum absolute atomic E-state index is 14.7. The zero-order valence-corrected chi connectivity index (χ0v) is 48.7. The molecule has 12 rings (SSSR count). The number of benzene rings is 4. The Morgan fingerprint density at radius 2 is 0.744 bits per heavy atom. The van der Waals surface area contributed by atoms with Crippen molar-refractivity contribution in [3.63, 3.8) is 0 Å². The number of amides is 1. The van der Waals surface area contributed by atoms with Crippen LogP contribution in [0.4, 0.5) is 5.69 Å². The molecule has 0 radical (unpaired) electrons. The van der Waals surface area contributed by atoms with Gasteiger partial charge in [-0.1, -0.05) is 83.4 Å². The summed E-state index contributed by atoms with van der Waals surface area (Å²) in [6, 6.07) is 42.1. The van der Waals surface area contributed by atoms with Crippen molar-refractivity contribution in [2.45, 2.75) is 88.5 Å². The van der Waals surface area contributed by atoms with E-state index in [0.717, 1.165) is 140 Å². The topological polar surface area (TPSA) is 125 Å². The van der Waals surface area contributed by atoms with Crippen LogP contribution in [0.1, 0.15) is 118 Å². The van der Waals surface area contributed by atoms with Gasteiger partial charge in [0.25, 0.3) is 5.91 Å². The van der Waals surface area contributed by atoms with Crippen LogP contribution in [0, 0.1) is 76.2 Å². The van der Waals surface area contributed by atoms with Crippen LogP contribution >= 0.6 is 0 Å². The molecule has 0 aliphatic carbocycles. The smallest absolute Gasteiger partial charge is 0.257 e. The molecule has 404 valence electrons. The number of rotatable bonds is 9. The van der Waals surface area contributed by atoms with Crippen molar-refractivity contribution in [3.05, 3.63) is 247 Å². The molecule has 8 bridgehead atoms. The predicted molar refractivity (Wildman–Crippen MR) is 339 cm³/mol. The molecular formula is C73H66N8O. The number of aromatic nitrogens is 7. The SMILES string of the molecule is Cc1ccc(C(C)(c2ccc(C)cn2)c2ccc(C(=O)Nc3ccccc3-c3c4nc(c(-c5c(C)cc(C)cc5C)c5ccc([nH]5)c(-c5c(C)cc(C)cc5C)c5nc(c(-c6c(C)cc(C)cc6C)c6ccc3[nH]6)C=C5)C=C4)cn2)nc1. The summed E-state index contributed by atoms with van der Waals surface area (Å²) in [6.07, 6.45) is 14.0. The van der Waals surface area contributed by atoms with Gasteiger partial charge in [-0.3, -0.25) is 19.7 Å². The Kier molecular flexibility index (Phi) is 13.5. The van der Waals surface area contributed by atoms with Crippen molar-refractivity contribution in [2.24, 2.45) is 0 Å². The molecule has 82 heavy (non-hydrogen) atoms. The third-order valence-electron chi connectivity index (χ3n) is 16.4. The van der Waals surface area contributed by atoms with E-state index in [-0.39, 0.29) is 5.91 Å². The van der Waals surface area contributed by atoms with Crippen molar-refractivity contribution >= 4 is 58.0 Å². The first-order valence-electron chi connectivity index (χ1n) is 28.1. The van der Waals surface area contributed by atoms with Crippen LogP contribution < -0.4 is 5.32 Å². The summed E-state index contributed by atoms with van der Waals surface area (Å²) in [5, 5.41) is 3.32. The van der Waals surface area contributed by atoms with E-state index < -0.39 is 5.41 Å². The summed E-state index contributed by atoms with van der Waals surface area (Å²) in [7, 11) is 0. The van der Waals surface area contributed by atoms with Crippen molar-refractivity contribution in [2.75, 3.05) is 5.32 Å². The third-order valence-corrected chi connectivity index (χ3v) is 16.4. The maximum Gasteiger partial charge on any atom is 0.257 e. The third kappa shape index (κ3) is 9.45. The van der Waals surface area contributed by atoms with Gasteiger partial charge in [-0.15, -0.1) is 0 Å². The van der Waals surface area contributed by atoms with E-state index in [1.807, 2.05) is 68.7 Å². The molecule has 9 heteroatoms. The standard InChI is InChI=1S/C73H66N8O/c1-40-17-28-62(74-37-40)73(12,63-29-18-41(2)38-75-63)64-30-19-51(39-76-64)72(82)81-53-16-14-13-15-52(53)68-54-20-22-56(77-54)69(65-45(6)31-42(3)32-46(65)7)58-24-26-60(79-58)71(67-49(10)35-44(5)36-50(67)11)61-27-25-59(80-61)70(57-23-21-55(68)78-57)66-47(8)33-43(4)34-48(66)9/h13-39,77,80H,1-12H3,(H,81,82). The number of fused-ring (bicyclic) bond motifs is 8. The Bertz CT molecular complexity index is 4330. The van der Waals surface area contributed by atoms with Gasteiger partial charge in [0.15, 0.2) is 0 Å². The number of pyridine rings is 3. The van der Waals surface area contributed by atoms with E-state index in [9.17, 15) is 4.79 Å². The van der Waals surface area contributed by atoms with E-state index in [2.05, 4.69) is 188 Å². The lowest BCUT2D eigenvalue weighted by Crippen LogP contribution is -2.29. The van der Waals surface area contributed by atoms with Crippen LogP contribution in [0.5, 0.6) is 0 Å². The second kappa shape index (κ2) is 20.8. The number of hydrogen-bond acceptors (Lipinski definition) is 6. The summed E-state index contributed by atoms with van der Waals surface area (Å²) in [5.74, 6) is -0.304. The number of nitrogens with zero attached hydrogens (tertiary/aromatic N) is 5. The number of hydrogen-bond donors (Lipinski definition) is 3. The largest absolute Gasteiger partial charge is 0.354 e. The van der Waals surface area contributed by atoms with E-state index in [1.165, 1.54) is 27.8 Å². The van der Waals surface area contributed by atoms with Gasteiger partial charge < -0.3 is 15.3 Å². The van der Waals surface area contributed by atoms with Crippen molar-refractivity contribution in [1.82, 2.24) is 34.9 Å². The fourth-order valence-corrected chi connectivity index (χ4v) is 12.8. The summed E-state index contributed by atoms with van der Waals surface area (Å²) in [4.78, 5) is 48.7. The van der Waals surface area contributed by atoms with Crippen LogP contribution in [0.25, 0.3) is 90.9 Å². The average Bonchev–Trinajstić information content (AvgIpc) is 4.42. The lowest BCUT2D eigenvalue weighted by molar-refractivity contribution is 0.102. The van der Waals surface area contributed by atoms with E-state index in [4.69, 9.17) is 24.9 Å². The Hall–Kier alpha value is -9.60. The maximum atomic E-state index is 14.7. The molecule has 10 aromatic rings. The van der Waals surface area contributed by atoms with Crippen LogP contribution in [0.3, 0.4) is 0 Å². The van der Waals surface area contributed by atoms with Gasteiger partial charge in [-0.25, -0.2) is 9.97 Å². The zero-order valence-electron chi connectivity index (χ0n) is 48.7. The van der Waals surface area contributed by atoms with Gasteiger partial charge in [0, 0.05) is 74.2 Å². The van der Waals surface area contributed by atoms with Gasteiger partial charge in [0.1, 0.15) is 0 Å². The molecule has 2 aliphatic rings. The molecule has 1 amide bonds. The van der Waals surface area contributed by atoms with Gasteiger partial charge >= 0.3 is 0 Å². The number of anilines is 1. The predicted octanol–water partition coefficient (Wildman–Crippen LogP) is 17.5. The number of carbonyl (C=O) groups excluding carboxylic acids is 1. The molecule has 2 aliphatic heterocycles. The molecule has 9 nitrogen and oxygen atoms in total. The molecule has 8 heterocycles. The van der Waals surface area contributed by atoms with Crippen LogP contribution in [0.15, 0.2) is 140 Å². The molecule has 0 saturated heterocycles. The molecule has 4 aromatic carbocycles. The molecule has 6 aromatic heterocycles. The van der Waals surface area contributed by atoms with Gasteiger partial charge in [-0.2, -0.15) is 0 Å². The number of carbonyl (C=O) groups is 1. The van der Waals surface area contributed by atoms with Gasteiger partial charge in [0.2, 0.25) is 0 Å². The van der Waals surface area contributed by atoms with Crippen molar-refractivity contribution < 1.29 is 4.79 Å². The Balaban J connectivity index is 1.10. The molecule has 3 N–H and O–H groups in total. The number of H-pyrrole nitrogens is 2. The number of aryl methyl sites for hydroxylation is 11. The molecule has 0 fully saturated rings. The van der Waals surface area contributed by atoms with Crippen molar-refractivity contribution in [1.29, 1.82) is 0 Å². The van der Waals surface area contributed by atoms with E-state index in [1.54, 1.807) is 6.20 Å². The highest BCUT2D eigenvalue weighted by Crippen LogP contribution is 2.44. The molecule has 0 atom stereocenters. The fraction of sp³-hybridized carbons (Fsp3) is 0.178. The minimum absolute atomic E-state index is 0.304. The first-order valence-corrected chi connectivity index (χ1v) is 28.1. The molecule has 0 unspecified atom stereocenters. The Labute approximate surface area is 480 Å². The molecular weight excluding hydrogens is 1000 g/mol. The number of nitrogens with one attached hydrogen (secondary N) is 3. The normalized spacial score (nSPS) is 12.1.